The summed E-state index contributed by atoms with van der Waals surface area (Å²) in [5.74, 6) is -0.162. The van der Waals surface area contributed by atoms with E-state index in [4.69, 9.17) is 9.16 Å². The lowest BCUT2D eigenvalue weighted by atomic mass is 9.94. The number of aliphatic hydroxyl groups is 1. The van der Waals surface area contributed by atoms with E-state index >= 15 is 0 Å². The number of hydrogen-bond acceptors (Lipinski definition) is 4. The average Bonchev–Trinajstić information content (AvgIpc) is 2.26. The van der Waals surface area contributed by atoms with Gasteiger partial charge in [0.1, 0.15) is 4.32 Å². The fourth-order valence-electron chi connectivity index (χ4n) is 1.76. The Kier molecular flexibility index (Phi) is 7.95. The topological polar surface area (TPSA) is 55.8 Å². The lowest BCUT2D eigenvalue weighted by Gasteiger charge is -2.34. The zero-order valence-electron chi connectivity index (χ0n) is 13.7. The average molecular weight is 369 g/mol. The Morgan fingerprint density at radius 1 is 1.35 bits per heavy atom. The maximum atomic E-state index is 11.9. The molecule has 0 aromatic rings. The summed E-state index contributed by atoms with van der Waals surface area (Å²) in [7, 11) is -1.69. The zero-order chi connectivity index (χ0) is 16.1. The van der Waals surface area contributed by atoms with Crippen LogP contribution in [0.5, 0.6) is 0 Å². The van der Waals surface area contributed by atoms with Gasteiger partial charge in [0.05, 0.1) is 12.7 Å². The quantitative estimate of drug-likeness (QED) is 0.405. The van der Waals surface area contributed by atoms with Crippen LogP contribution in [0.2, 0.25) is 19.6 Å². The highest BCUT2D eigenvalue weighted by Gasteiger charge is 2.41. The molecule has 0 radical (unpaired) electrons. The van der Waals surface area contributed by atoms with E-state index in [9.17, 15) is 9.90 Å². The monoisotopic (exact) mass is 368 g/mol. The van der Waals surface area contributed by atoms with Crippen molar-refractivity contribution in [3.8, 4) is 0 Å². The molecule has 0 aromatic heterocycles. The smallest absolute Gasteiger partial charge is 0.325 e. The zero-order valence-corrected chi connectivity index (χ0v) is 16.3. The third kappa shape index (κ3) is 6.69. The molecule has 0 rings (SSSR count). The summed E-state index contributed by atoms with van der Waals surface area (Å²) >= 11 is 3.30. The number of rotatable bonds is 8. The minimum Gasteiger partial charge on any atom is -0.465 e. The van der Waals surface area contributed by atoms with Crippen molar-refractivity contribution < 1.29 is 19.1 Å². The van der Waals surface area contributed by atoms with Crippen molar-refractivity contribution in [2.24, 2.45) is 5.92 Å². The molecule has 20 heavy (non-hydrogen) atoms. The first-order valence-corrected chi connectivity index (χ1v) is 11.3. The van der Waals surface area contributed by atoms with Gasteiger partial charge in [-0.3, -0.25) is 4.79 Å². The summed E-state index contributed by atoms with van der Waals surface area (Å²) < 4.78 is 10.0. The van der Waals surface area contributed by atoms with Gasteiger partial charge >= 0.3 is 5.97 Å². The van der Waals surface area contributed by atoms with Crippen molar-refractivity contribution in [1.82, 2.24) is 0 Å². The normalized spacial score (nSPS) is 18.5. The molecular formula is C14H29BrO4Si. The van der Waals surface area contributed by atoms with Gasteiger partial charge in [-0.05, 0) is 39.4 Å². The molecular weight excluding hydrogens is 340 g/mol. The number of esters is 1. The second kappa shape index (κ2) is 7.92. The number of hydrogen-bond donors (Lipinski definition) is 1. The number of carbonyl (C=O) groups is 1. The molecule has 120 valence electrons. The van der Waals surface area contributed by atoms with E-state index in [2.05, 4.69) is 49.4 Å². The van der Waals surface area contributed by atoms with Crippen LogP contribution in [0.25, 0.3) is 0 Å². The first-order chi connectivity index (χ1) is 8.91. The minimum absolute atomic E-state index is 0.0667. The van der Waals surface area contributed by atoms with Crippen molar-refractivity contribution in [3.63, 3.8) is 0 Å². The molecule has 0 aliphatic rings. The van der Waals surface area contributed by atoms with E-state index in [1.807, 2.05) is 0 Å². The van der Waals surface area contributed by atoms with E-state index in [1.54, 1.807) is 13.8 Å². The van der Waals surface area contributed by atoms with Crippen molar-refractivity contribution >= 4 is 30.2 Å². The molecule has 1 N–H and O–H groups in total. The summed E-state index contributed by atoms with van der Waals surface area (Å²) in [6.45, 7) is 14.2. The Morgan fingerprint density at radius 3 is 2.20 bits per heavy atom. The van der Waals surface area contributed by atoms with Gasteiger partial charge in [0.15, 0.2) is 8.32 Å². The fraction of sp³-hybridized carbons (Fsp3) is 0.929. The third-order valence-electron chi connectivity index (χ3n) is 3.00. The van der Waals surface area contributed by atoms with Crippen molar-refractivity contribution in [3.05, 3.63) is 0 Å². The summed E-state index contributed by atoms with van der Waals surface area (Å²) in [4.78, 5) is 11.9. The number of ether oxygens (including phenoxy) is 1. The van der Waals surface area contributed by atoms with Crippen LogP contribution in [-0.2, 0) is 14.0 Å². The highest BCUT2D eigenvalue weighted by Crippen LogP contribution is 2.30. The van der Waals surface area contributed by atoms with Gasteiger partial charge in [0, 0.05) is 12.5 Å². The molecule has 0 bridgehead atoms. The number of halogens is 1. The van der Waals surface area contributed by atoms with Crippen LogP contribution < -0.4 is 0 Å². The van der Waals surface area contributed by atoms with Crippen molar-refractivity contribution in [2.75, 3.05) is 6.61 Å². The molecule has 0 amide bonds. The van der Waals surface area contributed by atoms with Crippen molar-refractivity contribution in [1.29, 1.82) is 0 Å². The largest absolute Gasteiger partial charge is 0.465 e. The highest BCUT2D eigenvalue weighted by atomic mass is 79.9. The minimum atomic E-state index is -1.69. The van der Waals surface area contributed by atoms with Crippen LogP contribution in [0.15, 0.2) is 0 Å². The summed E-state index contributed by atoms with van der Waals surface area (Å²) in [6, 6.07) is 0. The maximum absolute atomic E-state index is 11.9. The van der Waals surface area contributed by atoms with E-state index in [-0.39, 0.29) is 12.0 Å². The molecule has 0 fully saturated rings. The third-order valence-corrected chi connectivity index (χ3v) is 4.87. The first-order valence-electron chi connectivity index (χ1n) is 7.13. The predicted octanol–water partition coefficient (Wildman–Crippen LogP) is 3.33. The van der Waals surface area contributed by atoms with Gasteiger partial charge in [-0.15, -0.1) is 0 Å². The second-order valence-corrected chi connectivity index (χ2v) is 12.7. The summed E-state index contributed by atoms with van der Waals surface area (Å²) in [5, 5.41) is 10.4. The SMILES string of the molecule is CCOC(=O)[C@](C)(Br)[C@@H](O)C[C@@H](O[Si](C)(C)C)C(C)C. The van der Waals surface area contributed by atoms with E-state index < -0.39 is 24.7 Å². The van der Waals surface area contributed by atoms with Gasteiger partial charge in [0.2, 0.25) is 0 Å². The molecule has 6 heteroatoms. The Balaban J connectivity index is 4.83. The van der Waals surface area contributed by atoms with E-state index in [0.717, 1.165) is 0 Å². The van der Waals surface area contributed by atoms with Crippen LogP contribution >= 0.6 is 15.9 Å². The molecule has 0 heterocycles. The van der Waals surface area contributed by atoms with E-state index in [0.29, 0.717) is 13.0 Å². The van der Waals surface area contributed by atoms with Gasteiger partial charge in [0.25, 0.3) is 0 Å². The van der Waals surface area contributed by atoms with Gasteiger partial charge < -0.3 is 14.3 Å². The predicted molar refractivity (Wildman–Crippen MR) is 87.6 cm³/mol. The number of carbonyl (C=O) groups excluding carboxylic acids is 1. The highest BCUT2D eigenvalue weighted by molar-refractivity contribution is 9.10. The molecule has 0 saturated carbocycles. The number of alkyl halides is 1. The van der Waals surface area contributed by atoms with Gasteiger partial charge in [-0.1, -0.05) is 29.8 Å². The second-order valence-electron chi connectivity index (χ2n) is 6.56. The molecule has 3 atom stereocenters. The first kappa shape index (κ1) is 20.1. The van der Waals surface area contributed by atoms with Crippen LogP contribution in [0.3, 0.4) is 0 Å². The van der Waals surface area contributed by atoms with Crippen LogP contribution in [0.1, 0.15) is 34.1 Å². The molecule has 0 aliphatic heterocycles. The Bertz CT molecular complexity index is 313. The number of aliphatic hydroxyl groups excluding tert-OH is 1. The Hall–Kier alpha value is 0.0869. The Labute approximate surface area is 132 Å². The summed E-state index contributed by atoms with van der Waals surface area (Å²) in [6.07, 6.45) is -0.518. The lowest BCUT2D eigenvalue weighted by Crippen LogP contribution is -2.46. The Morgan fingerprint density at radius 2 is 1.85 bits per heavy atom. The molecule has 0 saturated heterocycles. The molecule has 0 aliphatic carbocycles. The molecule has 0 aromatic carbocycles. The molecule has 0 unspecified atom stereocenters. The molecule has 4 nitrogen and oxygen atoms in total. The van der Waals surface area contributed by atoms with Gasteiger partial charge in [-0.25, -0.2) is 0 Å². The maximum Gasteiger partial charge on any atom is 0.325 e. The van der Waals surface area contributed by atoms with E-state index in [1.165, 1.54) is 0 Å². The van der Waals surface area contributed by atoms with Gasteiger partial charge in [-0.2, -0.15) is 0 Å². The molecule has 0 spiro atoms. The summed E-state index contributed by atoms with van der Waals surface area (Å²) in [5.41, 5.74) is 0. The van der Waals surface area contributed by atoms with Crippen LogP contribution in [-0.4, -0.2) is 42.5 Å². The standard InChI is InChI=1S/C14H29BrO4Si/c1-8-18-13(17)14(4,15)12(16)9-11(10(2)3)19-20(5,6)7/h10-12,16H,8-9H2,1-7H3/t11-,12+,14-/m1/s1. The van der Waals surface area contributed by atoms with Crippen LogP contribution in [0, 0.1) is 5.92 Å². The lowest BCUT2D eigenvalue weighted by molar-refractivity contribution is -0.148. The van der Waals surface area contributed by atoms with Crippen LogP contribution in [0.4, 0.5) is 0 Å². The fourth-order valence-corrected chi connectivity index (χ4v) is 3.34. The van der Waals surface area contributed by atoms with Crippen molar-refractivity contribution in [2.45, 2.75) is 70.3 Å².